The molecule has 1 N–H and O–H groups in total. The predicted octanol–water partition coefficient (Wildman–Crippen LogP) is 2.10. The van der Waals surface area contributed by atoms with Gasteiger partial charge < -0.3 is 14.7 Å². The second-order valence-electron chi connectivity index (χ2n) is 5.15. The van der Waals surface area contributed by atoms with Gasteiger partial charge in [-0.3, -0.25) is 9.59 Å². The summed E-state index contributed by atoms with van der Waals surface area (Å²) in [6.45, 7) is -1.20. The van der Waals surface area contributed by atoms with E-state index in [1.54, 1.807) is 0 Å². The number of hydrogen-bond acceptors (Lipinski definition) is 4. The van der Waals surface area contributed by atoms with Gasteiger partial charge in [0.15, 0.2) is 6.61 Å². The topological polar surface area (TPSA) is 79.7 Å². The van der Waals surface area contributed by atoms with Gasteiger partial charge in [-0.05, 0) is 25.0 Å². The van der Waals surface area contributed by atoms with Crippen LogP contribution in [-0.4, -0.2) is 52.2 Å². The van der Waals surface area contributed by atoms with Crippen molar-refractivity contribution in [2.45, 2.75) is 31.5 Å². The van der Waals surface area contributed by atoms with Crippen molar-refractivity contribution in [1.82, 2.24) is 9.88 Å². The van der Waals surface area contributed by atoms with Crippen LogP contribution in [0.5, 0.6) is 5.88 Å². The molecular weight excluding hydrogens is 317 g/mol. The molecule has 1 fully saturated rings. The second-order valence-corrected chi connectivity index (χ2v) is 5.15. The maximum Gasteiger partial charge on any atom is 0.422 e. The van der Waals surface area contributed by atoms with Crippen LogP contribution < -0.4 is 4.74 Å². The van der Waals surface area contributed by atoms with Crippen LogP contribution in [0.25, 0.3) is 0 Å². The molecule has 1 aromatic heterocycles. The van der Waals surface area contributed by atoms with Crippen LogP contribution in [0.15, 0.2) is 18.3 Å². The van der Waals surface area contributed by atoms with Crippen molar-refractivity contribution in [3.05, 3.63) is 23.9 Å². The molecule has 1 saturated heterocycles. The Morgan fingerprint density at radius 2 is 2.17 bits per heavy atom. The molecule has 0 aliphatic carbocycles. The number of carboxylic acids is 1. The van der Waals surface area contributed by atoms with E-state index in [0.717, 1.165) is 0 Å². The highest BCUT2D eigenvalue weighted by Crippen LogP contribution is 2.26. The highest BCUT2D eigenvalue weighted by atomic mass is 19.4. The standard InChI is InChI=1S/C14H15F3N2O4/c15-14(16,17)8-23-12-10(4-1-5-18-12)13(22)19-6-2-3-9(19)7-11(20)21/h1,4-5,9H,2-3,6-8H2,(H,20,21). The number of nitrogens with zero attached hydrogens (tertiary/aromatic N) is 2. The normalized spacial score (nSPS) is 18.0. The Balaban J connectivity index is 2.17. The summed E-state index contributed by atoms with van der Waals surface area (Å²) in [4.78, 5) is 28.4. The number of pyridine rings is 1. The molecule has 126 valence electrons. The fraction of sp³-hybridized carbons (Fsp3) is 0.500. The van der Waals surface area contributed by atoms with Crippen molar-refractivity contribution in [2.75, 3.05) is 13.2 Å². The number of halogens is 3. The third kappa shape index (κ3) is 4.57. The number of carbonyl (C=O) groups is 2. The minimum atomic E-state index is -4.54. The first-order chi connectivity index (χ1) is 10.8. The average Bonchev–Trinajstić information content (AvgIpc) is 2.91. The van der Waals surface area contributed by atoms with Crippen molar-refractivity contribution in [3.8, 4) is 5.88 Å². The Morgan fingerprint density at radius 1 is 1.43 bits per heavy atom. The summed E-state index contributed by atoms with van der Waals surface area (Å²) in [6.07, 6.45) is -2.34. The van der Waals surface area contributed by atoms with E-state index in [1.165, 1.54) is 23.2 Å². The molecule has 1 aliphatic rings. The molecule has 23 heavy (non-hydrogen) atoms. The summed E-state index contributed by atoms with van der Waals surface area (Å²) in [6, 6.07) is 2.25. The molecule has 1 aliphatic heterocycles. The lowest BCUT2D eigenvalue weighted by Gasteiger charge is -2.24. The number of ether oxygens (including phenoxy) is 1. The zero-order valence-electron chi connectivity index (χ0n) is 12.0. The Labute approximate surface area is 129 Å². The maximum absolute atomic E-state index is 12.5. The molecule has 0 bridgehead atoms. The quantitative estimate of drug-likeness (QED) is 0.893. The second kappa shape index (κ2) is 6.84. The molecule has 6 nitrogen and oxygen atoms in total. The van der Waals surface area contributed by atoms with Crippen LogP contribution in [0.3, 0.4) is 0 Å². The van der Waals surface area contributed by atoms with Gasteiger partial charge in [0, 0.05) is 18.8 Å². The predicted molar refractivity (Wildman–Crippen MR) is 72.1 cm³/mol. The Bertz CT molecular complexity index is 592. The largest absolute Gasteiger partial charge is 0.481 e. The van der Waals surface area contributed by atoms with Gasteiger partial charge in [-0.15, -0.1) is 0 Å². The first kappa shape index (κ1) is 17.0. The van der Waals surface area contributed by atoms with E-state index in [0.29, 0.717) is 19.4 Å². The molecule has 2 rings (SSSR count). The van der Waals surface area contributed by atoms with Gasteiger partial charge in [-0.1, -0.05) is 0 Å². The fourth-order valence-electron chi connectivity index (χ4n) is 2.49. The van der Waals surface area contributed by atoms with Crippen LogP contribution in [0.4, 0.5) is 13.2 Å². The van der Waals surface area contributed by atoms with Gasteiger partial charge in [-0.25, -0.2) is 4.98 Å². The van der Waals surface area contributed by atoms with Crippen molar-refractivity contribution >= 4 is 11.9 Å². The van der Waals surface area contributed by atoms with Crippen LogP contribution in [0.2, 0.25) is 0 Å². The zero-order valence-corrected chi connectivity index (χ0v) is 12.0. The minimum absolute atomic E-state index is 0.103. The fourth-order valence-corrected chi connectivity index (χ4v) is 2.49. The molecule has 1 aromatic rings. The van der Waals surface area contributed by atoms with E-state index < -0.39 is 36.6 Å². The molecule has 1 unspecified atom stereocenters. The third-order valence-corrected chi connectivity index (χ3v) is 3.42. The van der Waals surface area contributed by atoms with Crippen LogP contribution >= 0.6 is 0 Å². The maximum atomic E-state index is 12.5. The monoisotopic (exact) mass is 332 g/mol. The molecule has 0 aromatic carbocycles. The summed E-state index contributed by atoms with van der Waals surface area (Å²) in [7, 11) is 0. The molecular formula is C14H15F3N2O4. The summed E-state index contributed by atoms with van der Waals surface area (Å²) in [5, 5.41) is 8.87. The van der Waals surface area contributed by atoms with E-state index in [1.807, 2.05) is 0 Å². The van der Waals surface area contributed by atoms with Gasteiger partial charge in [0.05, 0.1) is 6.42 Å². The average molecular weight is 332 g/mol. The number of amides is 1. The van der Waals surface area contributed by atoms with Crippen LogP contribution in [0, 0.1) is 0 Å². The van der Waals surface area contributed by atoms with Crippen LogP contribution in [0.1, 0.15) is 29.6 Å². The lowest BCUT2D eigenvalue weighted by molar-refractivity contribution is -0.154. The summed E-state index contributed by atoms with van der Waals surface area (Å²) >= 11 is 0. The number of carbonyl (C=O) groups excluding carboxylic acids is 1. The lowest BCUT2D eigenvalue weighted by atomic mass is 10.1. The van der Waals surface area contributed by atoms with Crippen molar-refractivity contribution < 1.29 is 32.6 Å². The number of carboxylic acid groups (broad SMARTS) is 1. The summed E-state index contributed by atoms with van der Waals surface area (Å²) in [5.41, 5.74) is -0.103. The van der Waals surface area contributed by atoms with Crippen molar-refractivity contribution in [1.29, 1.82) is 0 Å². The third-order valence-electron chi connectivity index (χ3n) is 3.42. The Hall–Kier alpha value is -2.32. The van der Waals surface area contributed by atoms with Gasteiger partial charge in [0.1, 0.15) is 5.56 Å². The molecule has 0 radical (unpaired) electrons. The molecule has 9 heteroatoms. The number of aliphatic carboxylic acids is 1. The number of hydrogen-bond donors (Lipinski definition) is 1. The van der Waals surface area contributed by atoms with E-state index in [2.05, 4.69) is 9.72 Å². The Morgan fingerprint density at radius 3 is 2.83 bits per heavy atom. The number of alkyl halides is 3. The molecule has 0 saturated carbocycles. The molecule has 0 spiro atoms. The number of rotatable bonds is 5. The van der Waals surface area contributed by atoms with E-state index in [-0.39, 0.29) is 12.0 Å². The highest BCUT2D eigenvalue weighted by Gasteiger charge is 2.34. The van der Waals surface area contributed by atoms with Crippen molar-refractivity contribution in [2.24, 2.45) is 0 Å². The van der Waals surface area contributed by atoms with Gasteiger partial charge >= 0.3 is 12.1 Å². The highest BCUT2D eigenvalue weighted by molar-refractivity contribution is 5.97. The van der Waals surface area contributed by atoms with E-state index >= 15 is 0 Å². The van der Waals surface area contributed by atoms with Gasteiger partial charge in [-0.2, -0.15) is 13.2 Å². The van der Waals surface area contributed by atoms with Gasteiger partial charge in [0.25, 0.3) is 5.91 Å². The van der Waals surface area contributed by atoms with E-state index in [4.69, 9.17) is 5.11 Å². The number of aromatic nitrogens is 1. The summed E-state index contributed by atoms with van der Waals surface area (Å²) < 4.78 is 41.4. The van der Waals surface area contributed by atoms with Crippen molar-refractivity contribution in [3.63, 3.8) is 0 Å². The smallest absolute Gasteiger partial charge is 0.422 e. The number of likely N-dealkylation sites (tertiary alicyclic amines) is 1. The first-order valence-corrected chi connectivity index (χ1v) is 6.95. The minimum Gasteiger partial charge on any atom is -0.481 e. The lowest BCUT2D eigenvalue weighted by Crippen LogP contribution is -2.37. The molecule has 1 amide bonds. The summed E-state index contributed by atoms with van der Waals surface area (Å²) in [5.74, 6) is -2.01. The first-order valence-electron chi connectivity index (χ1n) is 6.95. The Kier molecular flexibility index (Phi) is 5.07. The molecule has 1 atom stereocenters. The zero-order chi connectivity index (χ0) is 17.0. The molecule has 2 heterocycles. The van der Waals surface area contributed by atoms with Gasteiger partial charge in [0.2, 0.25) is 5.88 Å². The SMILES string of the molecule is O=C(O)CC1CCCN1C(=O)c1cccnc1OCC(F)(F)F. The van der Waals surface area contributed by atoms with E-state index in [9.17, 15) is 22.8 Å². The van der Waals surface area contributed by atoms with Crippen LogP contribution in [-0.2, 0) is 4.79 Å².